The molecule has 2 N–H and O–H groups in total. The van der Waals surface area contributed by atoms with Gasteiger partial charge >= 0.3 is 0 Å². The third-order valence-corrected chi connectivity index (χ3v) is 3.40. The Bertz CT molecular complexity index is 804. The molecule has 0 aliphatic heterocycles. The lowest BCUT2D eigenvalue weighted by Crippen LogP contribution is -2.25. The molecule has 0 fully saturated rings. The van der Waals surface area contributed by atoms with E-state index in [0.717, 1.165) is 16.5 Å². The molecule has 0 bridgehead atoms. The molecule has 1 amide bonds. The van der Waals surface area contributed by atoms with Crippen molar-refractivity contribution in [2.75, 3.05) is 13.2 Å². The monoisotopic (exact) mass is 311 g/mol. The van der Waals surface area contributed by atoms with Gasteiger partial charge in [0.05, 0.1) is 6.61 Å². The van der Waals surface area contributed by atoms with E-state index in [1.807, 2.05) is 42.5 Å². The van der Waals surface area contributed by atoms with E-state index in [1.54, 1.807) is 12.1 Å². The number of benzene rings is 2. The molecule has 118 valence electrons. The lowest BCUT2D eigenvalue weighted by molar-refractivity contribution is 0.0913. The molecular formula is C18H17NO4. The molecule has 2 aromatic carbocycles. The average Bonchev–Trinajstić information content (AvgIpc) is 3.07. The number of nitrogens with one attached hydrogen (secondary N) is 1. The first-order valence-electron chi connectivity index (χ1n) is 7.36. The third-order valence-electron chi connectivity index (χ3n) is 3.40. The summed E-state index contributed by atoms with van der Waals surface area (Å²) in [7, 11) is 0. The molecule has 1 aromatic heterocycles. The molecule has 0 spiro atoms. The summed E-state index contributed by atoms with van der Waals surface area (Å²) < 4.78 is 11.3. The number of ether oxygens (including phenoxy) is 1. The van der Waals surface area contributed by atoms with Crippen molar-refractivity contribution in [2.45, 2.75) is 6.61 Å². The predicted molar refractivity (Wildman–Crippen MR) is 86.4 cm³/mol. The molecule has 23 heavy (non-hydrogen) atoms. The maximum Gasteiger partial charge on any atom is 0.287 e. The van der Waals surface area contributed by atoms with Gasteiger partial charge in [0.25, 0.3) is 5.91 Å². The van der Waals surface area contributed by atoms with E-state index in [2.05, 4.69) is 5.32 Å². The second-order valence-electron chi connectivity index (χ2n) is 5.01. The Morgan fingerprint density at radius 3 is 2.78 bits per heavy atom. The molecule has 3 aromatic rings. The Morgan fingerprint density at radius 1 is 1.09 bits per heavy atom. The summed E-state index contributed by atoms with van der Waals surface area (Å²) in [6, 6.07) is 17.1. The normalized spacial score (nSPS) is 10.7. The van der Waals surface area contributed by atoms with Gasteiger partial charge in [0.2, 0.25) is 0 Å². The first-order valence-corrected chi connectivity index (χ1v) is 7.36. The number of rotatable bonds is 6. The second kappa shape index (κ2) is 6.98. The van der Waals surface area contributed by atoms with Crippen LogP contribution in [0.2, 0.25) is 0 Å². The summed E-state index contributed by atoms with van der Waals surface area (Å²) in [6.07, 6.45) is 0. The zero-order valence-corrected chi connectivity index (χ0v) is 12.5. The number of fused-ring (bicyclic) bond motifs is 1. The maximum absolute atomic E-state index is 11.7. The number of carbonyl (C=O) groups is 1. The Kier molecular flexibility index (Phi) is 4.59. The van der Waals surface area contributed by atoms with Crippen molar-refractivity contribution >= 4 is 16.7 Å². The summed E-state index contributed by atoms with van der Waals surface area (Å²) in [6.45, 7) is 0.326. The van der Waals surface area contributed by atoms with Gasteiger partial charge in [0, 0.05) is 11.9 Å². The third kappa shape index (κ3) is 3.52. The Hall–Kier alpha value is -2.79. The average molecular weight is 311 g/mol. The SMILES string of the molecule is O=C(NCCO)c1ccc(COc2cccc3ccccc23)o1. The number of amides is 1. The molecule has 0 aliphatic rings. The highest BCUT2D eigenvalue weighted by Gasteiger charge is 2.11. The minimum atomic E-state index is -0.351. The topological polar surface area (TPSA) is 71.7 Å². The molecule has 0 unspecified atom stereocenters. The molecule has 5 heteroatoms. The van der Waals surface area contributed by atoms with Gasteiger partial charge in [-0.2, -0.15) is 0 Å². The Morgan fingerprint density at radius 2 is 1.91 bits per heavy atom. The standard InChI is InChI=1S/C18H17NO4/c20-11-10-19-18(21)17-9-8-14(23-17)12-22-16-7-3-5-13-4-1-2-6-15(13)16/h1-9,20H,10-12H2,(H,19,21). The van der Waals surface area contributed by atoms with Crippen LogP contribution >= 0.6 is 0 Å². The molecule has 0 saturated heterocycles. The van der Waals surface area contributed by atoms with Crippen LogP contribution in [-0.4, -0.2) is 24.2 Å². The van der Waals surface area contributed by atoms with Crippen molar-refractivity contribution < 1.29 is 19.1 Å². The van der Waals surface area contributed by atoms with Crippen LogP contribution in [0.4, 0.5) is 0 Å². The van der Waals surface area contributed by atoms with Gasteiger partial charge in [-0.25, -0.2) is 0 Å². The van der Waals surface area contributed by atoms with Crippen LogP contribution in [0.15, 0.2) is 59.0 Å². The Labute approximate surface area is 133 Å². The van der Waals surface area contributed by atoms with E-state index >= 15 is 0 Å². The first-order chi connectivity index (χ1) is 11.3. The van der Waals surface area contributed by atoms with E-state index in [9.17, 15) is 4.79 Å². The number of carbonyl (C=O) groups excluding carboxylic acids is 1. The Balaban J connectivity index is 1.68. The fraction of sp³-hybridized carbons (Fsp3) is 0.167. The highest BCUT2D eigenvalue weighted by atomic mass is 16.5. The van der Waals surface area contributed by atoms with Gasteiger partial charge in [0.1, 0.15) is 18.1 Å². The van der Waals surface area contributed by atoms with Gasteiger partial charge in [0.15, 0.2) is 5.76 Å². The molecule has 0 aliphatic carbocycles. The number of hydrogen-bond donors (Lipinski definition) is 2. The van der Waals surface area contributed by atoms with Crippen molar-refractivity contribution in [3.8, 4) is 5.75 Å². The van der Waals surface area contributed by atoms with Gasteiger partial charge in [-0.3, -0.25) is 4.79 Å². The van der Waals surface area contributed by atoms with Crippen LogP contribution in [0.1, 0.15) is 16.3 Å². The summed E-state index contributed by atoms with van der Waals surface area (Å²) in [5.74, 6) is 1.18. The van der Waals surface area contributed by atoms with Crippen LogP contribution < -0.4 is 10.1 Å². The van der Waals surface area contributed by atoms with Gasteiger partial charge in [-0.1, -0.05) is 36.4 Å². The van der Waals surface area contributed by atoms with E-state index in [4.69, 9.17) is 14.3 Å². The summed E-state index contributed by atoms with van der Waals surface area (Å²) in [5.41, 5.74) is 0. The van der Waals surface area contributed by atoms with E-state index in [-0.39, 0.29) is 31.4 Å². The van der Waals surface area contributed by atoms with Crippen LogP contribution in [0, 0.1) is 0 Å². The smallest absolute Gasteiger partial charge is 0.287 e. The molecule has 0 atom stereocenters. The first kappa shape index (κ1) is 15.1. The zero-order chi connectivity index (χ0) is 16.1. The quantitative estimate of drug-likeness (QED) is 0.734. The highest BCUT2D eigenvalue weighted by Crippen LogP contribution is 2.26. The number of furan rings is 1. The van der Waals surface area contributed by atoms with Crippen LogP contribution in [0.3, 0.4) is 0 Å². The number of hydrogen-bond acceptors (Lipinski definition) is 4. The summed E-state index contributed by atoms with van der Waals surface area (Å²) in [5, 5.41) is 13.4. The molecule has 0 radical (unpaired) electrons. The number of aliphatic hydroxyl groups excluding tert-OH is 1. The van der Waals surface area contributed by atoms with Gasteiger partial charge < -0.3 is 19.6 Å². The van der Waals surface area contributed by atoms with Crippen molar-refractivity contribution in [3.63, 3.8) is 0 Å². The van der Waals surface area contributed by atoms with Crippen LogP contribution in [-0.2, 0) is 6.61 Å². The number of aliphatic hydroxyl groups is 1. The van der Waals surface area contributed by atoms with Gasteiger partial charge in [-0.15, -0.1) is 0 Å². The highest BCUT2D eigenvalue weighted by molar-refractivity contribution is 5.91. The van der Waals surface area contributed by atoms with Crippen molar-refractivity contribution in [2.24, 2.45) is 0 Å². The van der Waals surface area contributed by atoms with E-state index < -0.39 is 0 Å². The molecule has 1 heterocycles. The minimum Gasteiger partial charge on any atom is -0.485 e. The van der Waals surface area contributed by atoms with E-state index in [0.29, 0.717) is 5.76 Å². The van der Waals surface area contributed by atoms with E-state index in [1.165, 1.54) is 0 Å². The van der Waals surface area contributed by atoms with Crippen LogP contribution in [0.25, 0.3) is 10.8 Å². The summed E-state index contributed by atoms with van der Waals surface area (Å²) in [4.78, 5) is 11.7. The van der Waals surface area contributed by atoms with Crippen molar-refractivity contribution in [1.29, 1.82) is 0 Å². The predicted octanol–water partition coefficient (Wildman–Crippen LogP) is 2.73. The van der Waals surface area contributed by atoms with Gasteiger partial charge in [-0.05, 0) is 23.6 Å². The fourth-order valence-electron chi connectivity index (χ4n) is 2.30. The molecular weight excluding hydrogens is 294 g/mol. The van der Waals surface area contributed by atoms with Crippen molar-refractivity contribution in [1.82, 2.24) is 5.32 Å². The minimum absolute atomic E-state index is 0.108. The lowest BCUT2D eigenvalue weighted by atomic mass is 10.1. The second-order valence-corrected chi connectivity index (χ2v) is 5.01. The van der Waals surface area contributed by atoms with Crippen molar-refractivity contribution in [3.05, 3.63) is 66.1 Å². The lowest BCUT2D eigenvalue weighted by Gasteiger charge is -2.07. The molecule has 0 saturated carbocycles. The molecule has 5 nitrogen and oxygen atoms in total. The summed E-state index contributed by atoms with van der Waals surface area (Å²) >= 11 is 0. The zero-order valence-electron chi connectivity index (χ0n) is 12.5. The fourth-order valence-corrected chi connectivity index (χ4v) is 2.30. The maximum atomic E-state index is 11.7. The van der Waals surface area contributed by atoms with Crippen LogP contribution in [0.5, 0.6) is 5.75 Å². The largest absolute Gasteiger partial charge is 0.485 e. The molecule has 3 rings (SSSR count).